The highest BCUT2D eigenvalue weighted by Gasteiger charge is 2.10. The number of hydrogen-bond acceptors (Lipinski definition) is 6. The molecule has 0 saturated carbocycles. The Hall–Kier alpha value is -2.25. The molecule has 2 rings (SSSR count). The maximum absolute atomic E-state index is 11.6. The van der Waals surface area contributed by atoms with Gasteiger partial charge >= 0.3 is 6.01 Å². The summed E-state index contributed by atoms with van der Waals surface area (Å²) < 4.78 is 15.6. The lowest BCUT2D eigenvalue weighted by atomic mass is 10.2. The van der Waals surface area contributed by atoms with Crippen LogP contribution in [0.3, 0.4) is 0 Å². The van der Waals surface area contributed by atoms with Crippen LogP contribution in [-0.2, 0) is 14.3 Å². The zero-order valence-corrected chi connectivity index (χ0v) is 11.7. The molecule has 1 heterocycles. The molecule has 7 nitrogen and oxygen atoms in total. The van der Waals surface area contributed by atoms with Crippen LogP contribution in [0.15, 0.2) is 34.7 Å². The van der Waals surface area contributed by atoms with Gasteiger partial charge in [0.25, 0.3) is 5.91 Å². The third-order valence-corrected chi connectivity index (χ3v) is 2.50. The molecule has 0 aliphatic rings. The van der Waals surface area contributed by atoms with E-state index in [4.69, 9.17) is 13.9 Å². The Morgan fingerprint density at radius 3 is 2.71 bits per heavy atom. The molecule has 21 heavy (non-hydrogen) atoms. The fourth-order valence-electron chi connectivity index (χ4n) is 1.55. The fourth-order valence-corrected chi connectivity index (χ4v) is 1.55. The van der Waals surface area contributed by atoms with Gasteiger partial charge in [0.05, 0.1) is 13.2 Å². The van der Waals surface area contributed by atoms with E-state index < -0.39 is 0 Å². The largest absolute Gasteiger partial charge is 0.403 e. The van der Waals surface area contributed by atoms with E-state index in [1.807, 2.05) is 37.3 Å². The summed E-state index contributed by atoms with van der Waals surface area (Å²) in [7, 11) is 0. The molecule has 1 N–H and O–H groups in total. The molecule has 0 saturated heterocycles. The monoisotopic (exact) mass is 291 g/mol. The molecule has 0 aliphatic heterocycles. The third kappa shape index (κ3) is 4.97. The molecular formula is C14H17N3O4. The lowest BCUT2D eigenvalue weighted by Gasteiger charge is -2.03. The molecule has 1 amide bonds. The second kappa shape index (κ2) is 8.13. The van der Waals surface area contributed by atoms with Crippen LogP contribution in [0.4, 0.5) is 6.01 Å². The quantitative estimate of drug-likeness (QED) is 0.745. The Labute approximate surface area is 122 Å². The zero-order valence-electron chi connectivity index (χ0n) is 11.7. The molecule has 0 unspecified atom stereocenters. The number of aromatic nitrogens is 2. The second-order valence-electron chi connectivity index (χ2n) is 4.08. The van der Waals surface area contributed by atoms with Crippen molar-refractivity contribution in [2.24, 2.45) is 0 Å². The summed E-state index contributed by atoms with van der Waals surface area (Å²) in [5.74, 6) is -0.00192. The SMILES string of the molecule is CCOCCOCC(=O)Nc1nnc(-c2ccccc2)o1. The van der Waals surface area contributed by atoms with E-state index in [1.54, 1.807) is 0 Å². The van der Waals surface area contributed by atoms with Gasteiger partial charge in [-0.05, 0) is 19.1 Å². The van der Waals surface area contributed by atoms with Crippen molar-refractivity contribution in [1.29, 1.82) is 0 Å². The Kier molecular flexibility index (Phi) is 5.86. The lowest BCUT2D eigenvalue weighted by molar-refractivity contribution is -0.121. The van der Waals surface area contributed by atoms with Gasteiger partial charge in [0.2, 0.25) is 5.89 Å². The first-order chi connectivity index (χ1) is 10.3. The van der Waals surface area contributed by atoms with Crippen molar-refractivity contribution in [2.75, 3.05) is 31.7 Å². The van der Waals surface area contributed by atoms with Crippen LogP contribution in [0.2, 0.25) is 0 Å². The number of rotatable bonds is 8. The first-order valence-corrected chi connectivity index (χ1v) is 6.64. The predicted octanol–water partition coefficient (Wildman–Crippen LogP) is 1.73. The van der Waals surface area contributed by atoms with Crippen molar-refractivity contribution in [3.63, 3.8) is 0 Å². The number of benzene rings is 1. The molecule has 7 heteroatoms. The lowest BCUT2D eigenvalue weighted by Crippen LogP contribution is -2.20. The standard InChI is InChI=1S/C14H17N3O4/c1-2-19-8-9-20-10-12(18)15-14-17-16-13(21-14)11-6-4-3-5-7-11/h3-7H,2,8-10H2,1H3,(H,15,17,18). The van der Waals surface area contributed by atoms with Gasteiger partial charge in [0, 0.05) is 12.2 Å². The normalized spacial score (nSPS) is 10.5. The van der Waals surface area contributed by atoms with Gasteiger partial charge in [-0.3, -0.25) is 10.1 Å². The smallest absolute Gasteiger partial charge is 0.322 e. The molecule has 1 aromatic carbocycles. The minimum atomic E-state index is -0.352. The van der Waals surface area contributed by atoms with Crippen molar-refractivity contribution in [1.82, 2.24) is 10.2 Å². The summed E-state index contributed by atoms with van der Waals surface area (Å²) in [5.41, 5.74) is 0.790. The molecule has 0 radical (unpaired) electrons. The number of carbonyl (C=O) groups is 1. The number of nitrogens with one attached hydrogen (secondary N) is 1. The number of ether oxygens (including phenoxy) is 2. The van der Waals surface area contributed by atoms with Crippen LogP contribution in [0.1, 0.15) is 6.92 Å². The molecule has 0 spiro atoms. The number of hydrogen-bond donors (Lipinski definition) is 1. The predicted molar refractivity (Wildman–Crippen MR) is 75.7 cm³/mol. The molecule has 0 atom stereocenters. The molecule has 1 aromatic heterocycles. The van der Waals surface area contributed by atoms with Gasteiger partial charge < -0.3 is 13.9 Å². The summed E-state index contributed by atoms with van der Waals surface area (Å²) in [6.45, 7) is 3.26. The topological polar surface area (TPSA) is 86.5 Å². The maximum Gasteiger partial charge on any atom is 0.322 e. The maximum atomic E-state index is 11.6. The number of carbonyl (C=O) groups excluding carboxylic acids is 1. The van der Waals surface area contributed by atoms with Crippen LogP contribution in [-0.4, -0.2) is 42.5 Å². The third-order valence-electron chi connectivity index (χ3n) is 2.50. The highest BCUT2D eigenvalue weighted by Crippen LogP contribution is 2.18. The van der Waals surface area contributed by atoms with E-state index in [0.29, 0.717) is 25.7 Å². The van der Waals surface area contributed by atoms with Gasteiger partial charge in [-0.15, -0.1) is 5.10 Å². The van der Waals surface area contributed by atoms with Crippen molar-refractivity contribution in [3.8, 4) is 11.5 Å². The van der Waals surface area contributed by atoms with Gasteiger partial charge in [0.1, 0.15) is 6.61 Å². The summed E-state index contributed by atoms with van der Waals surface area (Å²) >= 11 is 0. The van der Waals surface area contributed by atoms with Gasteiger partial charge in [-0.1, -0.05) is 23.3 Å². The summed E-state index contributed by atoms with van der Waals surface area (Å²) in [5, 5.41) is 10.1. The first kappa shape index (κ1) is 15.1. The van der Waals surface area contributed by atoms with E-state index in [0.717, 1.165) is 5.56 Å². The van der Waals surface area contributed by atoms with Crippen LogP contribution in [0.25, 0.3) is 11.5 Å². The van der Waals surface area contributed by atoms with Gasteiger partial charge in [-0.2, -0.15) is 0 Å². The second-order valence-corrected chi connectivity index (χ2v) is 4.08. The molecule has 0 bridgehead atoms. The molecule has 112 valence electrons. The van der Waals surface area contributed by atoms with E-state index in [1.165, 1.54) is 0 Å². The minimum absolute atomic E-state index is 0.0484. The number of amides is 1. The van der Waals surface area contributed by atoms with Crippen LogP contribution in [0, 0.1) is 0 Å². The Morgan fingerprint density at radius 1 is 1.19 bits per heavy atom. The van der Waals surface area contributed by atoms with E-state index in [9.17, 15) is 4.79 Å². The van der Waals surface area contributed by atoms with Crippen LogP contribution >= 0.6 is 0 Å². The van der Waals surface area contributed by atoms with Crippen LogP contribution < -0.4 is 5.32 Å². The zero-order chi connectivity index (χ0) is 14.9. The summed E-state index contributed by atoms with van der Waals surface area (Å²) in [6.07, 6.45) is 0. The van der Waals surface area contributed by atoms with Crippen molar-refractivity contribution in [3.05, 3.63) is 30.3 Å². The fraction of sp³-hybridized carbons (Fsp3) is 0.357. The Morgan fingerprint density at radius 2 is 1.95 bits per heavy atom. The average Bonchev–Trinajstić information content (AvgIpc) is 2.96. The highest BCUT2D eigenvalue weighted by molar-refractivity contribution is 5.89. The number of anilines is 1. The Bertz CT molecular complexity index is 556. The highest BCUT2D eigenvalue weighted by atomic mass is 16.5. The van der Waals surface area contributed by atoms with Gasteiger partial charge in [0.15, 0.2) is 0 Å². The first-order valence-electron chi connectivity index (χ1n) is 6.64. The van der Waals surface area contributed by atoms with Gasteiger partial charge in [-0.25, -0.2) is 0 Å². The van der Waals surface area contributed by atoms with Crippen molar-refractivity contribution >= 4 is 11.9 Å². The average molecular weight is 291 g/mol. The molecule has 2 aromatic rings. The molecule has 0 fully saturated rings. The van der Waals surface area contributed by atoms with E-state index in [-0.39, 0.29) is 18.5 Å². The summed E-state index contributed by atoms with van der Waals surface area (Å²) in [4.78, 5) is 11.6. The summed E-state index contributed by atoms with van der Waals surface area (Å²) in [6, 6.07) is 9.36. The van der Waals surface area contributed by atoms with E-state index >= 15 is 0 Å². The van der Waals surface area contributed by atoms with Crippen molar-refractivity contribution < 1.29 is 18.7 Å². The van der Waals surface area contributed by atoms with E-state index in [2.05, 4.69) is 15.5 Å². The van der Waals surface area contributed by atoms with Crippen molar-refractivity contribution in [2.45, 2.75) is 6.92 Å². The number of nitrogens with zero attached hydrogens (tertiary/aromatic N) is 2. The Balaban J connectivity index is 1.78. The molecule has 0 aliphatic carbocycles. The van der Waals surface area contributed by atoms with Crippen LogP contribution in [0.5, 0.6) is 0 Å². The minimum Gasteiger partial charge on any atom is -0.403 e. The molecular weight excluding hydrogens is 274 g/mol.